The first-order chi connectivity index (χ1) is 14.7. The topological polar surface area (TPSA) is 54.3 Å². The van der Waals surface area contributed by atoms with E-state index in [9.17, 15) is 9.50 Å². The van der Waals surface area contributed by atoms with Crippen molar-refractivity contribution in [3.05, 3.63) is 70.5 Å². The molecule has 2 atom stereocenters. The van der Waals surface area contributed by atoms with Crippen LogP contribution in [0.15, 0.2) is 53.7 Å². The fraction of sp³-hybridized carbons (Fsp3) is 0.458. The van der Waals surface area contributed by atoms with Gasteiger partial charge in [-0.15, -0.1) is 0 Å². The smallest absolute Gasteiger partial charge is 0.145 e. The Morgan fingerprint density at radius 2 is 2.03 bits per heavy atom. The van der Waals surface area contributed by atoms with Crippen LogP contribution in [0.3, 0.4) is 0 Å². The van der Waals surface area contributed by atoms with Gasteiger partial charge >= 0.3 is 0 Å². The number of hydrogen-bond donors (Lipinski definition) is 1. The van der Waals surface area contributed by atoms with Crippen LogP contribution >= 0.6 is 11.6 Å². The summed E-state index contributed by atoms with van der Waals surface area (Å²) in [6.07, 6.45) is -0.391. The van der Waals surface area contributed by atoms with Crippen molar-refractivity contribution in [2.24, 2.45) is 5.16 Å². The molecule has 0 saturated carbocycles. The number of hydrogen-bond acceptors (Lipinski definition) is 5. The van der Waals surface area contributed by atoms with Crippen molar-refractivity contribution in [2.75, 3.05) is 19.7 Å². The van der Waals surface area contributed by atoms with Crippen LogP contribution in [0.5, 0.6) is 0 Å². The number of oxime groups is 1. The Labute approximate surface area is 188 Å². The maximum atomic E-state index is 14.1. The summed E-state index contributed by atoms with van der Waals surface area (Å²) < 4.78 is 19.8. The van der Waals surface area contributed by atoms with Gasteiger partial charge in [0.1, 0.15) is 11.9 Å². The first-order valence-electron chi connectivity index (χ1n) is 10.5. The van der Waals surface area contributed by atoms with E-state index in [1.807, 2.05) is 45.0 Å². The van der Waals surface area contributed by atoms with E-state index >= 15 is 0 Å². The van der Waals surface area contributed by atoms with Gasteiger partial charge in [0.05, 0.1) is 24.0 Å². The maximum Gasteiger partial charge on any atom is 0.145 e. The van der Waals surface area contributed by atoms with Gasteiger partial charge in [0.25, 0.3) is 0 Å². The van der Waals surface area contributed by atoms with Crippen molar-refractivity contribution in [3.63, 3.8) is 0 Å². The van der Waals surface area contributed by atoms with E-state index in [1.54, 1.807) is 18.2 Å². The van der Waals surface area contributed by atoms with Gasteiger partial charge in [-0.05, 0) is 44.5 Å². The summed E-state index contributed by atoms with van der Waals surface area (Å²) in [4.78, 5) is 7.69. The average Bonchev–Trinajstić information content (AvgIpc) is 3.14. The molecule has 0 fully saturated rings. The van der Waals surface area contributed by atoms with E-state index in [1.165, 1.54) is 6.07 Å². The van der Waals surface area contributed by atoms with E-state index < -0.39 is 6.10 Å². The summed E-state index contributed by atoms with van der Waals surface area (Å²) in [6, 6.07) is 14.2. The first-order valence-corrected chi connectivity index (χ1v) is 10.8. The van der Waals surface area contributed by atoms with E-state index in [-0.39, 0.29) is 24.1 Å². The summed E-state index contributed by atoms with van der Waals surface area (Å²) in [5.74, 6) is -0.309. The van der Waals surface area contributed by atoms with Crippen LogP contribution in [0.25, 0.3) is 0 Å². The zero-order valence-corrected chi connectivity index (χ0v) is 19.0. The third-order valence-corrected chi connectivity index (χ3v) is 5.09. The predicted molar refractivity (Wildman–Crippen MR) is 121 cm³/mol. The molecule has 2 aromatic rings. The summed E-state index contributed by atoms with van der Waals surface area (Å²) >= 11 is 6.14. The molecular weight excluding hydrogens is 419 g/mol. The van der Waals surface area contributed by atoms with Crippen LogP contribution in [-0.2, 0) is 16.1 Å². The fourth-order valence-electron chi connectivity index (χ4n) is 3.46. The number of aliphatic hydroxyl groups is 1. The summed E-state index contributed by atoms with van der Waals surface area (Å²) in [7, 11) is 0. The minimum absolute atomic E-state index is 0.232. The predicted octanol–water partition coefficient (Wildman–Crippen LogP) is 4.65. The van der Waals surface area contributed by atoms with E-state index in [4.69, 9.17) is 21.2 Å². The lowest BCUT2D eigenvalue weighted by Crippen LogP contribution is -2.40. The van der Waals surface area contributed by atoms with Crippen molar-refractivity contribution >= 4 is 17.3 Å². The van der Waals surface area contributed by atoms with Gasteiger partial charge in [-0.25, -0.2) is 4.39 Å². The number of rotatable bonds is 9. The lowest BCUT2D eigenvalue weighted by atomic mass is 10.0. The second kappa shape index (κ2) is 10.6. The normalized spacial score (nSPS) is 17.5. The molecule has 168 valence electrons. The van der Waals surface area contributed by atoms with Crippen LogP contribution in [-0.4, -0.2) is 53.2 Å². The minimum atomic E-state index is -0.660. The number of aliphatic hydroxyl groups excluding tert-OH is 1. The summed E-state index contributed by atoms with van der Waals surface area (Å²) in [5, 5.41) is 15.3. The zero-order chi connectivity index (χ0) is 22.4. The lowest BCUT2D eigenvalue weighted by molar-refractivity contribution is -0.0600. The highest BCUT2D eigenvalue weighted by Crippen LogP contribution is 2.21. The van der Waals surface area contributed by atoms with Crippen molar-refractivity contribution in [1.29, 1.82) is 0 Å². The molecule has 1 heterocycles. The molecule has 1 aliphatic rings. The SMILES string of the molecule is CC(C)(C)OC[C@H](O)CN(Cc1cccc(Cl)c1)C[C@@H]1CC(c2ccccc2F)=NO1. The average molecular weight is 449 g/mol. The molecular formula is C24H30ClFN2O3. The molecule has 0 unspecified atom stereocenters. The van der Waals surface area contributed by atoms with Gasteiger partial charge in [-0.3, -0.25) is 4.90 Å². The Morgan fingerprint density at radius 1 is 1.26 bits per heavy atom. The van der Waals surface area contributed by atoms with Gasteiger partial charge in [0.2, 0.25) is 0 Å². The van der Waals surface area contributed by atoms with Crippen molar-refractivity contribution in [3.8, 4) is 0 Å². The highest BCUT2D eigenvalue weighted by molar-refractivity contribution is 6.30. The van der Waals surface area contributed by atoms with E-state index in [0.717, 1.165) is 5.56 Å². The van der Waals surface area contributed by atoms with Crippen LogP contribution < -0.4 is 0 Å². The Balaban J connectivity index is 1.64. The number of ether oxygens (including phenoxy) is 1. The molecule has 1 N–H and O–H groups in total. The molecule has 3 rings (SSSR count). The third kappa shape index (κ3) is 7.58. The highest BCUT2D eigenvalue weighted by Gasteiger charge is 2.27. The van der Waals surface area contributed by atoms with Gasteiger partial charge in [0, 0.05) is 36.6 Å². The molecule has 0 aromatic heterocycles. The van der Waals surface area contributed by atoms with Crippen molar-refractivity contribution in [2.45, 2.75) is 51.5 Å². The molecule has 5 nitrogen and oxygen atoms in total. The van der Waals surface area contributed by atoms with Gasteiger partial charge in [-0.1, -0.05) is 47.1 Å². The van der Waals surface area contributed by atoms with Crippen LogP contribution in [0, 0.1) is 5.82 Å². The quantitative estimate of drug-likeness (QED) is 0.606. The molecule has 1 aliphatic heterocycles. The van der Waals surface area contributed by atoms with Crippen LogP contribution in [0.4, 0.5) is 4.39 Å². The Kier molecular flexibility index (Phi) is 8.06. The van der Waals surface area contributed by atoms with Gasteiger partial charge in [-0.2, -0.15) is 0 Å². The molecule has 0 aliphatic carbocycles. The van der Waals surface area contributed by atoms with Crippen LogP contribution in [0.1, 0.15) is 38.3 Å². The summed E-state index contributed by atoms with van der Waals surface area (Å²) in [5.41, 5.74) is 1.77. The Hall–Kier alpha value is -1.99. The molecule has 7 heteroatoms. The molecule has 0 radical (unpaired) electrons. The molecule has 0 spiro atoms. The third-order valence-electron chi connectivity index (χ3n) is 4.85. The molecule has 0 saturated heterocycles. The maximum absolute atomic E-state index is 14.1. The number of benzene rings is 2. The number of halogens is 2. The molecule has 0 amide bonds. The number of nitrogens with zero attached hydrogens (tertiary/aromatic N) is 2. The Morgan fingerprint density at radius 3 is 2.74 bits per heavy atom. The van der Waals surface area contributed by atoms with Crippen LogP contribution in [0.2, 0.25) is 5.02 Å². The molecule has 0 bridgehead atoms. The second-order valence-electron chi connectivity index (χ2n) is 8.85. The first kappa shape index (κ1) is 23.7. The fourth-order valence-corrected chi connectivity index (χ4v) is 3.68. The van der Waals surface area contributed by atoms with E-state index in [2.05, 4.69) is 10.1 Å². The molecule has 2 aromatic carbocycles. The standard InChI is InChI=1S/C24H30ClFN2O3/c1-24(2,3)30-16-19(29)14-28(13-17-7-6-8-18(25)11-17)15-20-12-23(27-31-20)21-9-4-5-10-22(21)26/h4-11,19-20,29H,12-16H2,1-3H3/t19-,20+/m1/s1. The van der Waals surface area contributed by atoms with Crippen molar-refractivity contribution in [1.82, 2.24) is 4.90 Å². The van der Waals surface area contributed by atoms with Gasteiger partial charge < -0.3 is 14.7 Å². The highest BCUT2D eigenvalue weighted by atomic mass is 35.5. The Bertz CT molecular complexity index is 900. The zero-order valence-electron chi connectivity index (χ0n) is 18.2. The molecule has 31 heavy (non-hydrogen) atoms. The largest absolute Gasteiger partial charge is 0.390 e. The van der Waals surface area contributed by atoms with Crippen molar-refractivity contribution < 1.29 is 19.1 Å². The van der Waals surface area contributed by atoms with Gasteiger partial charge in [0.15, 0.2) is 0 Å². The second-order valence-corrected chi connectivity index (χ2v) is 9.29. The monoisotopic (exact) mass is 448 g/mol. The minimum Gasteiger partial charge on any atom is -0.390 e. The van der Waals surface area contributed by atoms with E-state index in [0.29, 0.717) is 42.4 Å². The lowest BCUT2D eigenvalue weighted by Gasteiger charge is -2.28. The summed E-state index contributed by atoms with van der Waals surface area (Å²) in [6.45, 7) is 7.62.